The van der Waals surface area contributed by atoms with Crippen molar-refractivity contribution in [1.82, 2.24) is 0 Å². The lowest BCUT2D eigenvalue weighted by atomic mass is 9.78. The molecule has 0 radical (unpaired) electrons. The third-order valence-electron chi connectivity index (χ3n) is 5.65. The topological polar surface area (TPSA) is 26.0 Å². The Kier molecular flexibility index (Phi) is 3.27. The SMILES string of the molecule is Nc1cccc(C2=Cc3ccc4c(c3CC2)CCc2ccccc2-4)c1. The van der Waals surface area contributed by atoms with Crippen molar-refractivity contribution in [2.75, 3.05) is 5.73 Å². The molecular formula is C24H21N. The van der Waals surface area contributed by atoms with Crippen LogP contribution in [0.2, 0.25) is 0 Å². The monoisotopic (exact) mass is 323 g/mol. The van der Waals surface area contributed by atoms with Gasteiger partial charge < -0.3 is 5.73 Å². The fourth-order valence-corrected chi connectivity index (χ4v) is 4.43. The van der Waals surface area contributed by atoms with Crippen LogP contribution in [0.5, 0.6) is 0 Å². The number of nitrogens with two attached hydrogens (primary N) is 1. The summed E-state index contributed by atoms with van der Waals surface area (Å²) < 4.78 is 0. The molecule has 1 heteroatoms. The van der Waals surface area contributed by atoms with Gasteiger partial charge in [-0.2, -0.15) is 0 Å². The van der Waals surface area contributed by atoms with E-state index in [0.29, 0.717) is 0 Å². The zero-order valence-corrected chi connectivity index (χ0v) is 14.3. The molecule has 0 unspecified atom stereocenters. The van der Waals surface area contributed by atoms with Crippen molar-refractivity contribution in [2.24, 2.45) is 0 Å². The minimum absolute atomic E-state index is 0.839. The quantitative estimate of drug-likeness (QED) is 0.586. The maximum Gasteiger partial charge on any atom is 0.0320 e. The molecule has 0 bridgehead atoms. The van der Waals surface area contributed by atoms with Gasteiger partial charge in [0, 0.05) is 5.69 Å². The number of allylic oxidation sites excluding steroid dienone is 1. The third kappa shape index (κ3) is 2.39. The Morgan fingerprint density at radius 2 is 1.56 bits per heavy atom. The van der Waals surface area contributed by atoms with Crippen molar-refractivity contribution >= 4 is 17.3 Å². The Balaban J connectivity index is 1.62. The number of rotatable bonds is 1. The summed E-state index contributed by atoms with van der Waals surface area (Å²) >= 11 is 0. The molecule has 2 aliphatic rings. The molecule has 0 spiro atoms. The van der Waals surface area contributed by atoms with E-state index < -0.39 is 0 Å². The van der Waals surface area contributed by atoms with Crippen LogP contribution in [0.3, 0.4) is 0 Å². The lowest BCUT2D eigenvalue weighted by Gasteiger charge is -2.26. The molecule has 0 fully saturated rings. The normalized spacial score (nSPS) is 15.0. The first-order valence-corrected chi connectivity index (χ1v) is 9.09. The number of benzene rings is 3. The van der Waals surface area contributed by atoms with E-state index in [0.717, 1.165) is 31.4 Å². The number of nitrogen functional groups attached to an aromatic ring is 1. The zero-order valence-electron chi connectivity index (χ0n) is 14.3. The second-order valence-corrected chi connectivity index (χ2v) is 7.11. The van der Waals surface area contributed by atoms with Gasteiger partial charge in [0.25, 0.3) is 0 Å². The lowest BCUT2D eigenvalue weighted by Crippen LogP contribution is -2.10. The summed E-state index contributed by atoms with van der Waals surface area (Å²) in [5.41, 5.74) is 18.3. The fourth-order valence-electron chi connectivity index (χ4n) is 4.43. The molecule has 2 aliphatic carbocycles. The van der Waals surface area contributed by atoms with Crippen LogP contribution in [0.4, 0.5) is 5.69 Å². The molecule has 0 aromatic heterocycles. The minimum Gasteiger partial charge on any atom is -0.399 e. The van der Waals surface area contributed by atoms with E-state index in [1.807, 2.05) is 12.1 Å². The average molecular weight is 323 g/mol. The van der Waals surface area contributed by atoms with E-state index in [4.69, 9.17) is 5.73 Å². The van der Waals surface area contributed by atoms with Gasteiger partial charge in [-0.3, -0.25) is 0 Å². The van der Waals surface area contributed by atoms with Crippen LogP contribution in [-0.4, -0.2) is 0 Å². The maximum atomic E-state index is 5.97. The highest BCUT2D eigenvalue weighted by Crippen LogP contribution is 2.40. The second kappa shape index (κ2) is 5.63. The smallest absolute Gasteiger partial charge is 0.0320 e. The van der Waals surface area contributed by atoms with Gasteiger partial charge in [0.2, 0.25) is 0 Å². The molecular weight excluding hydrogens is 302 g/mol. The van der Waals surface area contributed by atoms with Crippen molar-refractivity contribution < 1.29 is 0 Å². The first-order chi connectivity index (χ1) is 12.3. The van der Waals surface area contributed by atoms with Gasteiger partial charge in [-0.25, -0.2) is 0 Å². The van der Waals surface area contributed by atoms with E-state index in [1.54, 1.807) is 11.1 Å². The standard InChI is InChI=1S/C24H21N/c25-20-6-3-5-17(15-20)18-9-11-22-19(14-18)10-13-23-21-7-2-1-4-16(21)8-12-24(22)23/h1-7,10,13-15H,8-9,11-12,25H2. The number of fused-ring (bicyclic) bond motifs is 5. The van der Waals surface area contributed by atoms with Crippen LogP contribution in [0.25, 0.3) is 22.8 Å². The highest BCUT2D eigenvalue weighted by molar-refractivity contribution is 5.87. The average Bonchev–Trinajstić information content (AvgIpc) is 2.67. The molecule has 3 aromatic rings. The van der Waals surface area contributed by atoms with Crippen molar-refractivity contribution in [3.63, 3.8) is 0 Å². The Labute approximate surface area is 148 Å². The molecule has 0 saturated carbocycles. The van der Waals surface area contributed by atoms with Crippen LogP contribution in [0.1, 0.15) is 34.2 Å². The fraction of sp³-hybridized carbons (Fsp3) is 0.167. The van der Waals surface area contributed by atoms with Gasteiger partial charge in [0.1, 0.15) is 0 Å². The summed E-state index contributed by atoms with van der Waals surface area (Å²) in [6, 6.07) is 21.7. The largest absolute Gasteiger partial charge is 0.399 e. The van der Waals surface area contributed by atoms with Crippen molar-refractivity contribution in [1.29, 1.82) is 0 Å². The molecule has 0 heterocycles. The van der Waals surface area contributed by atoms with Gasteiger partial charge >= 0.3 is 0 Å². The Morgan fingerprint density at radius 1 is 0.680 bits per heavy atom. The Morgan fingerprint density at radius 3 is 2.48 bits per heavy atom. The van der Waals surface area contributed by atoms with E-state index in [9.17, 15) is 0 Å². The maximum absolute atomic E-state index is 5.97. The van der Waals surface area contributed by atoms with Gasteiger partial charge in [-0.1, -0.05) is 54.6 Å². The van der Waals surface area contributed by atoms with Crippen LogP contribution < -0.4 is 5.73 Å². The first kappa shape index (κ1) is 14.5. The van der Waals surface area contributed by atoms with Crippen LogP contribution in [-0.2, 0) is 19.3 Å². The van der Waals surface area contributed by atoms with Crippen LogP contribution in [0, 0.1) is 0 Å². The zero-order chi connectivity index (χ0) is 16.8. The van der Waals surface area contributed by atoms with Gasteiger partial charge in [-0.15, -0.1) is 0 Å². The number of hydrogen-bond acceptors (Lipinski definition) is 1. The number of aryl methyl sites for hydroxylation is 1. The highest BCUT2D eigenvalue weighted by atomic mass is 14.5. The number of anilines is 1. The second-order valence-electron chi connectivity index (χ2n) is 7.11. The molecule has 3 aromatic carbocycles. The summed E-state index contributed by atoms with van der Waals surface area (Å²) in [6.07, 6.45) is 6.91. The highest BCUT2D eigenvalue weighted by Gasteiger charge is 2.22. The van der Waals surface area contributed by atoms with Crippen LogP contribution in [0.15, 0.2) is 60.7 Å². The minimum atomic E-state index is 0.839. The summed E-state index contributed by atoms with van der Waals surface area (Å²) in [7, 11) is 0. The molecule has 0 aliphatic heterocycles. The van der Waals surface area contributed by atoms with Crippen LogP contribution >= 0.6 is 0 Å². The summed E-state index contributed by atoms with van der Waals surface area (Å²) in [4.78, 5) is 0. The van der Waals surface area contributed by atoms with E-state index in [2.05, 4.69) is 54.6 Å². The molecule has 5 rings (SSSR count). The predicted molar refractivity (Wildman–Crippen MR) is 106 cm³/mol. The van der Waals surface area contributed by atoms with Gasteiger partial charge in [0.15, 0.2) is 0 Å². The molecule has 0 amide bonds. The number of hydrogen-bond donors (Lipinski definition) is 1. The van der Waals surface area contributed by atoms with Gasteiger partial charge in [0.05, 0.1) is 0 Å². The van der Waals surface area contributed by atoms with Gasteiger partial charge in [-0.05, 0) is 82.3 Å². The van der Waals surface area contributed by atoms with E-state index in [1.165, 1.54) is 33.4 Å². The molecule has 0 saturated heterocycles. The Bertz CT molecular complexity index is 1010. The third-order valence-corrected chi connectivity index (χ3v) is 5.65. The van der Waals surface area contributed by atoms with E-state index >= 15 is 0 Å². The van der Waals surface area contributed by atoms with Crippen molar-refractivity contribution in [3.8, 4) is 11.1 Å². The van der Waals surface area contributed by atoms with E-state index in [-0.39, 0.29) is 0 Å². The molecule has 0 atom stereocenters. The molecule has 2 N–H and O–H groups in total. The molecule has 1 nitrogen and oxygen atoms in total. The molecule has 25 heavy (non-hydrogen) atoms. The molecule has 122 valence electrons. The predicted octanol–water partition coefficient (Wildman–Crippen LogP) is 5.52. The Hall–Kier alpha value is -2.80. The summed E-state index contributed by atoms with van der Waals surface area (Å²) in [5, 5.41) is 0. The lowest BCUT2D eigenvalue weighted by molar-refractivity contribution is 0.892. The van der Waals surface area contributed by atoms with Crippen molar-refractivity contribution in [2.45, 2.75) is 25.7 Å². The first-order valence-electron chi connectivity index (χ1n) is 9.09. The summed E-state index contributed by atoms with van der Waals surface area (Å²) in [5.74, 6) is 0. The summed E-state index contributed by atoms with van der Waals surface area (Å²) in [6.45, 7) is 0. The van der Waals surface area contributed by atoms with Crippen molar-refractivity contribution in [3.05, 3.63) is 88.5 Å².